The maximum absolute atomic E-state index is 12.7. The maximum Gasteiger partial charge on any atom is 0.328 e. The molecule has 0 bridgehead atoms. The average molecular weight is 385 g/mol. The molecule has 0 radical (unpaired) electrons. The second kappa shape index (κ2) is 8.70. The number of benzene rings is 1. The molecule has 5 nitrogen and oxygen atoms in total. The molecular formula is C18H22Cl2N2O3. The predicted octanol–water partition coefficient (Wildman–Crippen LogP) is 4.72. The molecule has 1 aromatic carbocycles. The van der Waals surface area contributed by atoms with Crippen LogP contribution in [0.5, 0.6) is 0 Å². The fourth-order valence-corrected chi connectivity index (χ4v) is 3.31. The molecular weight excluding hydrogens is 363 g/mol. The van der Waals surface area contributed by atoms with Crippen LogP contribution in [0, 0.1) is 13.8 Å². The van der Waals surface area contributed by atoms with E-state index in [9.17, 15) is 4.79 Å². The number of hydrogen-bond donors (Lipinski definition) is 0. The van der Waals surface area contributed by atoms with Gasteiger partial charge in [0.25, 0.3) is 0 Å². The number of rotatable bonds is 7. The zero-order valence-corrected chi connectivity index (χ0v) is 16.3. The molecule has 1 heterocycles. The van der Waals surface area contributed by atoms with Gasteiger partial charge in [0, 0.05) is 22.2 Å². The van der Waals surface area contributed by atoms with Crippen LogP contribution in [0.2, 0.25) is 10.0 Å². The highest BCUT2D eigenvalue weighted by molar-refractivity contribution is 6.34. The minimum Gasteiger partial charge on any atom is -0.465 e. The van der Waals surface area contributed by atoms with Crippen molar-refractivity contribution in [1.29, 1.82) is 0 Å². The molecule has 0 aliphatic heterocycles. The number of aromatic nitrogens is 1. The lowest BCUT2D eigenvalue weighted by Gasteiger charge is -2.29. The Labute approximate surface area is 157 Å². The van der Waals surface area contributed by atoms with E-state index in [1.54, 1.807) is 25.1 Å². The monoisotopic (exact) mass is 384 g/mol. The summed E-state index contributed by atoms with van der Waals surface area (Å²) in [6.45, 7) is 8.94. The largest absolute Gasteiger partial charge is 0.465 e. The van der Waals surface area contributed by atoms with Crippen molar-refractivity contribution in [3.8, 4) is 0 Å². The summed E-state index contributed by atoms with van der Waals surface area (Å²) in [6.07, 6.45) is 0. The van der Waals surface area contributed by atoms with Gasteiger partial charge in [0.2, 0.25) is 0 Å². The summed E-state index contributed by atoms with van der Waals surface area (Å²) < 4.78 is 10.5. The summed E-state index contributed by atoms with van der Waals surface area (Å²) in [7, 11) is 0. The van der Waals surface area contributed by atoms with Crippen LogP contribution in [0.4, 0.5) is 0 Å². The molecule has 0 aliphatic rings. The second-order valence-corrected chi connectivity index (χ2v) is 6.60. The molecule has 136 valence electrons. The van der Waals surface area contributed by atoms with Crippen molar-refractivity contribution in [2.45, 2.75) is 40.3 Å². The molecule has 0 aliphatic carbocycles. The molecule has 7 heteroatoms. The molecule has 2 rings (SSSR count). The summed E-state index contributed by atoms with van der Waals surface area (Å²) in [5.41, 5.74) is 2.47. The molecule has 1 aromatic heterocycles. The van der Waals surface area contributed by atoms with E-state index < -0.39 is 6.04 Å². The molecule has 0 fully saturated rings. The van der Waals surface area contributed by atoms with Crippen LogP contribution in [-0.4, -0.2) is 29.2 Å². The molecule has 0 saturated carbocycles. The van der Waals surface area contributed by atoms with Crippen LogP contribution in [0.1, 0.15) is 42.5 Å². The number of nitrogens with zero attached hydrogens (tertiary/aromatic N) is 2. The highest BCUT2D eigenvalue weighted by Gasteiger charge is 2.30. The predicted molar refractivity (Wildman–Crippen MR) is 97.9 cm³/mol. The van der Waals surface area contributed by atoms with Gasteiger partial charge in [0.15, 0.2) is 0 Å². The van der Waals surface area contributed by atoms with Crippen molar-refractivity contribution in [3.63, 3.8) is 0 Å². The Hall–Kier alpha value is -1.56. The summed E-state index contributed by atoms with van der Waals surface area (Å²) in [5.74, 6) is 0.400. The van der Waals surface area contributed by atoms with Gasteiger partial charge >= 0.3 is 5.97 Å². The van der Waals surface area contributed by atoms with Gasteiger partial charge in [-0.3, -0.25) is 4.90 Å². The fraction of sp³-hybridized carbons (Fsp3) is 0.444. The normalized spacial score (nSPS) is 12.4. The Bertz CT molecular complexity index is 706. The van der Waals surface area contributed by atoms with E-state index in [-0.39, 0.29) is 5.97 Å². The standard InChI is InChI=1S/C18H22Cl2N2O3/c1-5-22(10-16-11(3)21-25-12(16)4)17(18(23)24-6-2)13-7-14(19)9-15(20)8-13/h7-9,17H,5-6,10H2,1-4H3/t17-/m0/s1. The summed E-state index contributed by atoms with van der Waals surface area (Å²) >= 11 is 12.3. The highest BCUT2D eigenvalue weighted by Crippen LogP contribution is 2.30. The average Bonchev–Trinajstić information content (AvgIpc) is 2.85. The zero-order valence-electron chi connectivity index (χ0n) is 14.8. The van der Waals surface area contributed by atoms with Gasteiger partial charge < -0.3 is 9.26 Å². The minimum atomic E-state index is -0.616. The van der Waals surface area contributed by atoms with Gasteiger partial charge in [-0.05, 0) is 51.1 Å². The molecule has 0 unspecified atom stereocenters. The lowest BCUT2D eigenvalue weighted by molar-refractivity contribution is -0.150. The van der Waals surface area contributed by atoms with Crippen molar-refractivity contribution in [1.82, 2.24) is 10.1 Å². The zero-order chi connectivity index (χ0) is 18.6. The van der Waals surface area contributed by atoms with E-state index >= 15 is 0 Å². The Balaban J connectivity index is 2.43. The molecule has 0 amide bonds. The molecule has 2 aromatic rings. The summed E-state index contributed by atoms with van der Waals surface area (Å²) in [4.78, 5) is 14.7. The molecule has 0 N–H and O–H groups in total. The Morgan fingerprint density at radius 1 is 1.24 bits per heavy atom. The van der Waals surface area contributed by atoms with Crippen molar-refractivity contribution < 1.29 is 14.1 Å². The number of hydrogen-bond acceptors (Lipinski definition) is 5. The lowest BCUT2D eigenvalue weighted by Crippen LogP contribution is -2.35. The van der Waals surface area contributed by atoms with Crippen molar-refractivity contribution in [3.05, 3.63) is 50.8 Å². The smallest absolute Gasteiger partial charge is 0.328 e. The lowest BCUT2D eigenvalue weighted by atomic mass is 10.0. The Kier molecular flexibility index (Phi) is 6.87. The first-order valence-corrected chi connectivity index (χ1v) is 8.91. The third-order valence-electron chi connectivity index (χ3n) is 4.02. The van der Waals surface area contributed by atoms with Crippen molar-refractivity contribution >= 4 is 29.2 Å². The number of carbonyl (C=O) groups is 1. The van der Waals surface area contributed by atoms with Gasteiger partial charge in [-0.1, -0.05) is 35.3 Å². The quantitative estimate of drug-likeness (QED) is 0.646. The number of aryl methyl sites for hydroxylation is 2. The van der Waals surface area contributed by atoms with Gasteiger partial charge in [0.1, 0.15) is 11.8 Å². The van der Waals surface area contributed by atoms with Crippen LogP contribution in [-0.2, 0) is 16.1 Å². The third kappa shape index (κ3) is 4.75. The van der Waals surface area contributed by atoms with E-state index in [2.05, 4.69) is 5.16 Å². The van der Waals surface area contributed by atoms with Crippen LogP contribution >= 0.6 is 23.2 Å². The van der Waals surface area contributed by atoms with E-state index in [1.807, 2.05) is 25.7 Å². The molecule has 0 spiro atoms. The van der Waals surface area contributed by atoms with Crippen LogP contribution in [0.3, 0.4) is 0 Å². The fourth-order valence-electron chi connectivity index (χ4n) is 2.77. The molecule has 1 atom stereocenters. The van der Waals surface area contributed by atoms with Crippen molar-refractivity contribution in [2.75, 3.05) is 13.2 Å². The molecule has 25 heavy (non-hydrogen) atoms. The van der Waals surface area contributed by atoms with E-state index in [0.717, 1.165) is 17.0 Å². The second-order valence-electron chi connectivity index (χ2n) is 5.72. The van der Waals surface area contributed by atoms with Crippen LogP contribution in [0.15, 0.2) is 22.7 Å². The number of esters is 1. The number of ether oxygens (including phenoxy) is 1. The van der Waals surface area contributed by atoms with Crippen molar-refractivity contribution in [2.24, 2.45) is 0 Å². The highest BCUT2D eigenvalue weighted by atomic mass is 35.5. The van der Waals surface area contributed by atoms with E-state index in [1.165, 1.54) is 0 Å². The molecule has 0 saturated heterocycles. The van der Waals surface area contributed by atoms with Gasteiger partial charge in [-0.2, -0.15) is 0 Å². The van der Waals surface area contributed by atoms with E-state index in [4.69, 9.17) is 32.5 Å². The van der Waals surface area contributed by atoms with Gasteiger partial charge in [-0.25, -0.2) is 4.79 Å². The summed E-state index contributed by atoms with van der Waals surface area (Å²) in [5, 5.41) is 4.94. The number of halogens is 2. The number of carbonyl (C=O) groups excluding carboxylic acids is 1. The first-order chi connectivity index (χ1) is 11.9. The SMILES string of the molecule is CCOC(=O)[C@H](c1cc(Cl)cc(Cl)c1)N(CC)Cc1c(C)noc1C. The Morgan fingerprint density at radius 2 is 1.88 bits per heavy atom. The Morgan fingerprint density at radius 3 is 2.36 bits per heavy atom. The number of likely N-dealkylation sites (N-methyl/N-ethyl adjacent to an activating group) is 1. The first-order valence-electron chi connectivity index (χ1n) is 8.15. The first kappa shape index (κ1) is 19.8. The third-order valence-corrected chi connectivity index (χ3v) is 4.46. The van der Waals surface area contributed by atoms with Crippen LogP contribution in [0.25, 0.3) is 0 Å². The van der Waals surface area contributed by atoms with E-state index in [0.29, 0.717) is 35.3 Å². The van der Waals surface area contributed by atoms with Gasteiger partial charge in [0.05, 0.1) is 12.3 Å². The van der Waals surface area contributed by atoms with Crippen LogP contribution < -0.4 is 0 Å². The topological polar surface area (TPSA) is 55.6 Å². The maximum atomic E-state index is 12.7. The minimum absolute atomic E-state index is 0.298. The van der Waals surface area contributed by atoms with Gasteiger partial charge in [-0.15, -0.1) is 0 Å². The summed E-state index contributed by atoms with van der Waals surface area (Å²) in [6, 6.07) is 4.50.